The number of hydrogen-bond acceptors (Lipinski definition) is 5. The van der Waals surface area contributed by atoms with Gasteiger partial charge in [0.15, 0.2) is 0 Å². The normalized spacial score (nSPS) is 25.6. The lowest BCUT2D eigenvalue weighted by Gasteiger charge is -2.43. The van der Waals surface area contributed by atoms with E-state index in [9.17, 15) is 4.79 Å². The van der Waals surface area contributed by atoms with E-state index in [0.29, 0.717) is 13.2 Å². The largest absolute Gasteiger partial charge is 0.491 e. The Balaban J connectivity index is 1.51. The molecule has 2 saturated heterocycles. The van der Waals surface area contributed by atoms with Gasteiger partial charge < -0.3 is 14.4 Å². The number of nitrogens with zero attached hydrogens (tertiary/aromatic N) is 2. The second-order valence-electron chi connectivity index (χ2n) is 6.90. The molecule has 2 atom stereocenters. The number of ether oxygens (including phenoxy) is 2. The average Bonchev–Trinajstić information content (AvgIpc) is 3.26. The molecule has 4 rings (SSSR count). The van der Waals surface area contributed by atoms with Gasteiger partial charge in [-0.25, -0.2) is 0 Å². The van der Waals surface area contributed by atoms with Crippen LogP contribution in [0.5, 0.6) is 5.75 Å². The van der Waals surface area contributed by atoms with E-state index in [-0.39, 0.29) is 17.4 Å². The summed E-state index contributed by atoms with van der Waals surface area (Å²) in [6, 6.07) is 5.78. The zero-order chi connectivity index (χ0) is 17.3. The highest BCUT2D eigenvalue weighted by Gasteiger charge is 2.49. The molecule has 0 radical (unpaired) electrons. The molecule has 2 aliphatic heterocycles. The maximum atomic E-state index is 12.9. The highest BCUT2D eigenvalue weighted by molar-refractivity contribution is 7.12. The minimum absolute atomic E-state index is 0.130. The first-order valence-electron chi connectivity index (χ1n) is 8.66. The Labute approximate surface area is 151 Å². The van der Waals surface area contributed by atoms with Crippen LogP contribution in [0.15, 0.2) is 36.0 Å². The molecule has 2 aromatic heterocycles. The van der Waals surface area contributed by atoms with Crippen molar-refractivity contribution in [1.82, 2.24) is 9.88 Å². The van der Waals surface area contributed by atoms with E-state index in [1.807, 2.05) is 35.4 Å². The summed E-state index contributed by atoms with van der Waals surface area (Å²) in [7, 11) is 0. The number of thiophene rings is 1. The van der Waals surface area contributed by atoms with E-state index in [1.54, 1.807) is 12.4 Å². The van der Waals surface area contributed by atoms with Crippen molar-refractivity contribution in [2.45, 2.75) is 25.9 Å². The van der Waals surface area contributed by atoms with E-state index in [1.165, 1.54) is 11.3 Å². The van der Waals surface area contributed by atoms with Crippen molar-refractivity contribution in [3.05, 3.63) is 46.4 Å². The lowest BCUT2D eigenvalue weighted by atomic mass is 9.77. The van der Waals surface area contributed by atoms with E-state index >= 15 is 0 Å². The summed E-state index contributed by atoms with van der Waals surface area (Å²) in [5, 5.41) is 1.98. The second-order valence-corrected chi connectivity index (χ2v) is 7.81. The van der Waals surface area contributed by atoms with E-state index in [2.05, 4.69) is 4.98 Å². The van der Waals surface area contributed by atoms with Crippen LogP contribution < -0.4 is 4.74 Å². The van der Waals surface area contributed by atoms with Crippen molar-refractivity contribution in [3.8, 4) is 5.75 Å². The summed E-state index contributed by atoms with van der Waals surface area (Å²) < 4.78 is 12.0. The molecule has 1 amide bonds. The summed E-state index contributed by atoms with van der Waals surface area (Å²) in [4.78, 5) is 19.9. The lowest BCUT2D eigenvalue weighted by Crippen LogP contribution is -2.54. The molecule has 25 heavy (non-hydrogen) atoms. The number of likely N-dealkylation sites (tertiary alicyclic amines) is 1. The summed E-state index contributed by atoms with van der Waals surface area (Å²) in [5.74, 6) is 0.902. The van der Waals surface area contributed by atoms with Gasteiger partial charge in [-0.1, -0.05) is 0 Å². The molecule has 4 heterocycles. The van der Waals surface area contributed by atoms with Crippen LogP contribution in [-0.2, 0) is 4.74 Å². The molecule has 2 aliphatic rings. The summed E-state index contributed by atoms with van der Waals surface area (Å²) in [6.45, 7) is 4.72. The van der Waals surface area contributed by atoms with Crippen molar-refractivity contribution in [2.75, 3.05) is 26.3 Å². The highest BCUT2D eigenvalue weighted by atomic mass is 32.1. The van der Waals surface area contributed by atoms with Crippen LogP contribution in [0.1, 0.15) is 28.1 Å². The van der Waals surface area contributed by atoms with E-state index in [4.69, 9.17) is 9.47 Å². The number of amides is 1. The van der Waals surface area contributed by atoms with Gasteiger partial charge in [0.05, 0.1) is 29.2 Å². The maximum Gasteiger partial charge on any atom is 0.264 e. The standard InChI is InChI=1S/C19H22N2O3S/c1-14-5-10-25-17(14)18(22)21-8-4-16-19(12-21,6-9-23-16)13-24-15-3-2-7-20-11-15/h2-3,5,7,10-11,16H,4,6,8-9,12-13H2,1H3/t16-,19+/m0/s1. The molecule has 0 saturated carbocycles. The van der Waals surface area contributed by atoms with Gasteiger partial charge in [0.2, 0.25) is 0 Å². The monoisotopic (exact) mass is 358 g/mol. The number of piperidine rings is 1. The Morgan fingerprint density at radius 3 is 3.20 bits per heavy atom. The number of aryl methyl sites for hydroxylation is 1. The molecular formula is C19H22N2O3S. The van der Waals surface area contributed by atoms with Crippen molar-refractivity contribution in [1.29, 1.82) is 0 Å². The molecule has 0 N–H and O–H groups in total. The van der Waals surface area contributed by atoms with Crippen LogP contribution in [0.25, 0.3) is 0 Å². The fourth-order valence-electron chi connectivity index (χ4n) is 3.82. The van der Waals surface area contributed by atoms with Gasteiger partial charge in [-0.05, 0) is 48.9 Å². The SMILES string of the molecule is Cc1ccsc1C(=O)N1CC[C@@H]2OCC[C@]2(COc2cccnc2)C1. The van der Waals surface area contributed by atoms with Crippen LogP contribution in [-0.4, -0.2) is 48.2 Å². The molecule has 0 aliphatic carbocycles. The van der Waals surface area contributed by atoms with Crippen LogP contribution in [0.2, 0.25) is 0 Å². The van der Waals surface area contributed by atoms with Crippen molar-refractivity contribution in [3.63, 3.8) is 0 Å². The molecular weight excluding hydrogens is 336 g/mol. The fraction of sp³-hybridized carbons (Fsp3) is 0.474. The molecule has 5 nitrogen and oxygen atoms in total. The number of carbonyl (C=O) groups is 1. The third-order valence-corrected chi connectivity index (χ3v) is 6.28. The van der Waals surface area contributed by atoms with Gasteiger partial charge in [-0.2, -0.15) is 0 Å². The first kappa shape index (κ1) is 16.5. The lowest BCUT2D eigenvalue weighted by molar-refractivity contribution is -0.0325. The van der Waals surface area contributed by atoms with Gasteiger partial charge in [0.25, 0.3) is 5.91 Å². The van der Waals surface area contributed by atoms with Gasteiger partial charge in [0, 0.05) is 25.9 Å². The quantitative estimate of drug-likeness (QED) is 0.842. The molecule has 0 aromatic carbocycles. The molecule has 132 valence electrons. The molecule has 2 aromatic rings. The Morgan fingerprint density at radius 1 is 1.52 bits per heavy atom. The van der Waals surface area contributed by atoms with Crippen molar-refractivity contribution in [2.24, 2.45) is 5.41 Å². The van der Waals surface area contributed by atoms with Crippen LogP contribution in [0.4, 0.5) is 0 Å². The van der Waals surface area contributed by atoms with Crippen LogP contribution in [0.3, 0.4) is 0 Å². The number of fused-ring (bicyclic) bond motifs is 1. The van der Waals surface area contributed by atoms with Gasteiger partial charge in [-0.3, -0.25) is 9.78 Å². The average molecular weight is 358 g/mol. The Kier molecular flexibility index (Phi) is 4.48. The zero-order valence-electron chi connectivity index (χ0n) is 14.3. The smallest absolute Gasteiger partial charge is 0.264 e. The first-order valence-corrected chi connectivity index (χ1v) is 9.54. The van der Waals surface area contributed by atoms with Crippen LogP contribution in [0, 0.1) is 12.3 Å². The maximum absolute atomic E-state index is 12.9. The first-order chi connectivity index (χ1) is 12.2. The Morgan fingerprint density at radius 2 is 2.44 bits per heavy atom. The predicted molar refractivity (Wildman–Crippen MR) is 96.1 cm³/mol. The third kappa shape index (κ3) is 3.16. The molecule has 0 unspecified atom stereocenters. The number of hydrogen-bond donors (Lipinski definition) is 0. The highest BCUT2D eigenvalue weighted by Crippen LogP contribution is 2.41. The second kappa shape index (κ2) is 6.77. The Hall–Kier alpha value is -1.92. The third-order valence-electron chi connectivity index (χ3n) is 5.27. The number of rotatable bonds is 4. The molecule has 0 spiro atoms. The fourth-order valence-corrected chi connectivity index (χ4v) is 4.72. The summed E-state index contributed by atoms with van der Waals surface area (Å²) in [5.41, 5.74) is 0.926. The van der Waals surface area contributed by atoms with E-state index < -0.39 is 0 Å². The van der Waals surface area contributed by atoms with Gasteiger partial charge >= 0.3 is 0 Å². The molecule has 0 bridgehead atoms. The van der Waals surface area contributed by atoms with Crippen LogP contribution >= 0.6 is 11.3 Å². The van der Waals surface area contributed by atoms with Crippen molar-refractivity contribution >= 4 is 17.2 Å². The number of carbonyl (C=O) groups excluding carboxylic acids is 1. The van der Waals surface area contributed by atoms with Crippen molar-refractivity contribution < 1.29 is 14.3 Å². The molecule has 2 fully saturated rings. The zero-order valence-corrected chi connectivity index (χ0v) is 15.1. The number of aromatic nitrogens is 1. The Bertz CT molecular complexity index is 748. The minimum atomic E-state index is -0.130. The predicted octanol–water partition coefficient (Wildman–Crippen LogP) is 3.15. The van der Waals surface area contributed by atoms with Gasteiger partial charge in [-0.15, -0.1) is 11.3 Å². The molecule has 6 heteroatoms. The topological polar surface area (TPSA) is 51.7 Å². The number of pyridine rings is 1. The van der Waals surface area contributed by atoms with E-state index in [0.717, 1.165) is 42.2 Å². The summed E-state index contributed by atoms with van der Waals surface area (Å²) in [6.07, 6.45) is 5.41. The summed E-state index contributed by atoms with van der Waals surface area (Å²) >= 11 is 1.52. The minimum Gasteiger partial charge on any atom is -0.491 e. The van der Waals surface area contributed by atoms with Gasteiger partial charge in [0.1, 0.15) is 5.75 Å².